The molecule has 3 aromatic carbocycles. The average molecular weight is 567 g/mol. The van der Waals surface area contributed by atoms with Crippen molar-refractivity contribution in [3.8, 4) is 5.75 Å². The molecule has 5 rings (SSSR count). The zero-order chi connectivity index (χ0) is 29.5. The molecule has 0 saturated carbocycles. The smallest absolute Gasteiger partial charge is 0.305 e. The van der Waals surface area contributed by atoms with E-state index in [-0.39, 0.29) is 17.5 Å². The summed E-state index contributed by atoms with van der Waals surface area (Å²) in [7, 11) is 1.55. The second-order valence-corrected chi connectivity index (χ2v) is 11.3. The minimum atomic E-state index is -1.04. The number of aliphatic imine (C=N–C) groups is 1. The molecule has 0 radical (unpaired) electrons. The maximum absolute atomic E-state index is 15.2. The molecule has 0 aromatic heterocycles. The predicted octanol–water partition coefficient (Wildman–Crippen LogP) is 6.26. The van der Waals surface area contributed by atoms with Gasteiger partial charge in [-0.25, -0.2) is 18.2 Å². The van der Waals surface area contributed by atoms with Gasteiger partial charge in [0.1, 0.15) is 17.3 Å². The highest BCUT2D eigenvalue weighted by molar-refractivity contribution is 6.02. The van der Waals surface area contributed by atoms with Crippen LogP contribution < -0.4 is 14.5 Å². The second-order valence-electron chi connectivity index (χ2n) is 11.3. The van der Waals surface area contributed by atoms with Crippen LogP contribution in [0, 0.1) is 17.5 Å². The molecule has 1 atom stereocenters. The van der Waals surface area contributed by atoms with Crippen molar-refractivity contribution in [1.29, 1.82) is 0 Å². The number of rotatable bonds is 5. The Labute approximate surface area is 237 Å². The van der Waals surface area contributed by atoms with E-state index in [2.05, 4.69) is 20.8 Å². The van der Waals surface area contributed by atoms with Crippen molar-refractivity contribution in [3.63, 3.8) is 0 Å². The molecule has 0 aliphatic carbocycles. The number of carbonyl (C=O) groups is 1. The summed E-state index contributed by atoms with van der Waals surface area (Å²) < 4.78 is 48.4. The number of nitrogens with zero attached hydrogens (tertiary/aromatic N) is 4. The SMILES string of the molecule is COc1ccc(C(C)(C)C)cc1N1C(N2CCN(c3ccc(F)c(F)c3)CC2)=Nc2c(F)cccc2C1CC(=O)O. The Hall–Kier alpha value is -4.21. The monoisotopic (exact) mass is 566 g/mol. The standard InChI is InChI=1S/C31H33F3N4O3/c1-31(2,3)19-8-11-27(41-4)26(16-19)38-25(18-28(39)40)21-6-5-7-23(33)29(21)35-30(38)37-14-12-36(13-15-37)20-9-10-22(32)24(34)17-20/h5-11,16-17,25H,12-15,18H2,1-4H3,(H,39,40). The van der Waals surface area contributed by atoms with Crippen LogP contribution in [0.5, 0.6) is 5.75 Å². The number of fused-ring (bicyclic) bond motifs is 1. The van der Waals surface area contributed by atoms with Gasteiger partial charge >= 0.3 is 5.97 Å². The molecule has 3 aromatic rings. The van der Waals surface area contributed by atoms with Crippen LogP contribution in [0.15, 0.2) is 59.6 Å². The number of benzene rings is 3. The van der Waals surface area contributed by atoms with Crippen molar-refractivity contribution in [2.45, 2.75) is 38.6 Å². The number of hydrogen-bond donors (Lipinski definition) is 1. The van der Waals surface area contributed by atoms with Crippen LogP contribution in [0.2, 0.25) is 0 Å². The van der Waals surface area contributed by atoms with Crippen molar-refractivity contribution in [2.75, 3.05) is 43.1 Å². The maximum atomic E-state index is 15.2. The van der Waals surface area contributed by atoms with E-state index in [0.717, 1.165) is 11.6 Å². The lowest BCUT2D eigenvalue weighted by atomic mass is 9.86. The highest BCUT2D eigenvalue weighted by Gasteiger charge is 2.39. The topological polar surface area (TPSA) is 68.6 Å². The molecular weight excluding hydrogens is 533 g/mol. The third kappa shape index (κ3) is 5.55. The van der Waals surface area contributed by atoms with Crippen molar-refractivity contribution in [1.82, 2.24) is 4.90 Å². The Morgan fingerprint density at radius 1 is 0.951 bits per heavy atom. The van der Waals surface area contributed by atoms with E-state index in [1.807, 2.05) is 32.9 Å². The van der Waals surface area contributed by atoms with Crippen molar-refractivity contribution >= 4 is 29.0 Å². The first-order valence-electron chi connectivity index (χ1n) is 13.5. The molecule has 1 N–H and O–H groups in total. The minimum absolute atomic E-state index is 0.110. The highest BCUT2D eigenvalue weighted by Crippen LogP contribution is 2.45. The Balaban J connectivity index is 1.61. The third-order valence-electron chi connectivity index (χ3n) is 7.62. The van der Waals surface area contributed by atoms with Crippen molar-refractivity contribution in [3.05, 3.63) is 83.2 Å². The third-order valence-corrected chi connectivity index (χ3v) is 7.62. The number of halogens is 3. The number of hydrogen-bond acceptors (Lipinski definition) is 6. The van der Waals surface area contributed by atoms with Crippen molar-refractivity contribution in [2.24, 2.45) is 4.99 Å². The Kier molecular flexibility index (Phi) is 7.59. The second kappa shape index (κ2) is 11.0. The predicted molar refractivity (Wildman–Crippen MR) is 153 cm³/mol. The molecule has 2 aliphatic rings. The van der Waals surface area contributed by atoms with Crippen LogP contribution in [-0.2, 0) is 10.2 Å². The summed E-state index contributed by atoms with van der Waals surface area (Å²) >= 11 is 0. The Bertz CT molecular complexity index is 1500. The van der Waals surface area contributed by atoms with E-state index in [4.69, 9.17) is 9.73 Å². The van der Waals surface area contributed by atoms with Gasteiger partial charge in [-0.2, -0.15) is 0 Å². The van der Waals surface area contributed by atoms with Gasteiger partial charge in [0.25, 0.3) is 0 Å². The van der Waals surface area contributed by atoms with E-state index < -0.39 is 29.5 Å². The molecular formula is C31H33F3N4O3. The van der Waals surface area contributed by atoms with Gasteiger partial charge in [-0.3, -0.25) is 4.79 Å². The number of methoxy groups -OCH3 is 1. The van der Waals surface area contributed by atoms with Crippen LogP contribution in [0.25, 0.3) is 0 Å². The summed E-state index contributed by atoms with van der Waals surface area (Å²) in [5.74, 6) is -2.46. The number of aliphatic carboxylic acids is 1. The van der Waals surface area contributed by atoms with Crippen LogP contribution in [0.4, 0.5) is 30.2 Å². The first-order valence-corrected chi connectivity index (χ1v) is 13.5. The fraction of sp³-hybridized carbons (Fsp3) is 0.355. The molecule has 41 heavy (non-hydrogen) atoms. The lowest BCUT2D eigenvalue weighted by Gasteiger charge is -2.45. The number of ether oxygens (including phenoxy) is 1. The van der Waals surface area contributed by atoms with Crippen LogP contribution in [0.1, 0.15) is 44.4 Å². The Morgan fingerprint density at radius 2 is 1.66 bits per heavy atom. The summed E-state index contributed by atoms with van der Waals surface area (Å²) in [6.45, 7) is 8.04. The van der Waals surface area contributed by atoms with Crippen LogP contribution >= 0.6 is 0 Å². The molecule has 0 spiro atoms. The molecule has 0 amide bonds. The quantitative estimate of drug-likeness (QED) is 0.394. The fourth-order valence-electron chi connectivity index (χ4n) is 5.41. The number of para-hydroxylation sites is 1. The molecule has 1 unspecified atom stereocenters. The van der Waals surface area contributed by atoms with E-state index in [9.17, 15) is 18.7 Å². The molecule has 10 heteroatoms. The van der Waals surface area contributed by atoms with Gasteiger partial charge in [0.2, 0.25) is 5.96 Å². The first-order chi connectivity index (χ1) is 19.5. The molecule has 2 aliphatic heterocycles. The van der Waals surface area contributed by atoms with E-state index in [0.29, 0.717) is 54.8 Å². The Morgan fingerprint density at radius 3 is 2.29 bits per heavy atom. The molecule has 2 heterocycles. The zero-order valence-corrected chi connectivity index (χ0v) is 23.5. The summed E-state index contributed by atoms with van der Waals surface area (Å²) in [4.78, 5) is 22.7. The van der Waals surface area contributed by atoms with Crippen molar-refractivity contribution < 1.29 is 27.8 Å². The average Bonchev–Trinajstić information content (AvgIpc) is 2.94. The van der Waals surface area contributed by atoms with Gasteiger partial charge in [-0.05, 0) is 41.3 Å². The molecule has 1 fully saturated rings. The molecule has 0 bridgehead atoms. The number of carboxylic acid groups (broad SMARTS) is 1. The highest BCUT2D eigenvalue weighted by atomic mass is 19.2. The molecule has 7 nitrogen and oxygen atoms in total. The number of guanidine groups is 1. The molecule has 216 valence electrons. The van der Waals surface area contributed by atoms with E-state index in [1.54, 1.807) is 19.2 Å². The van der Waals surface area contributed by atoms with Gasteiger partial charge in [0.05, 0.1) is 25.3 Å². The number of carboxylic acids is 1. The fourth-order valence-corrected chi connectivity index (χ4v) is 5.41. The lowest BCUT2D eigenvalue weighted by Crippen LogP contribution is -2.55. The summed E-state index contributed by atoms with van der Waals surface area (Å²) in [6.07, 6.45) is -0.298. The van der Waals surface area contributed by atoms with Gasteiger partial charge in [0, 0.05) is 43.5 Å². The first kappa shape index (κ1) is 28.3. The summed E-state index contributed by atoms with van der Waals surface area (Å²) in [6, 6.07) is 13.4. The van der Waals surface area contributed by atoms with Crippen LogP contribution in [-0.4, -0.2) is 55.2 Å². The molecule has 1 saturated heterocycles. The van der Waals surface area contributed by atoms with Gasteiger partial charge < -0.3 is 24.5 Å². The maximum Gasteiger partial charge on any atom is 0.305 e. The lowest BCUT2D eigenvalue weighted by molar-refractivity contribution is -0.137. The van der Waals surface area contributed by atoms with Gasteiger partial charge in [0.15, 0.2) is 11.6 Å². The van der Waals surface area contributed by atoms with Gasteiger partial charge in [-0.15, -0.1) is 0 Å². The largest absolute Gasteiger partial charge is 0.495 e. The zero-order valence-electron chi connectivity index (χ0n) is 23.5. The summed E-state index contributed by atoms with van der Waals surface area (Å²) in [5.41, 5.74) is 2.57. The van der Waals surface area contributed by atoms with Gasteiger partial charge in [-0.1, -0.05) is 39.0 Å². The van der Waals surface area contributed by atoms with Crippen LogP contribution in [0.3, 0.4) is 0 Å². The normalized spacial score (nSPS) is 17.3. The van der Waals surface area contributed by atoms with E-state index in [1.165, 1.54) is 18.2 Å². The number of piperazine rings is 1. The number of anilines is 2. The minimum Gasteiger partial charge on any atom is -0.495 e. The summed E-state index contributed by atoms with van der Waals surface area (Å²) in [5, 5.41) is 9.97. The van der Waals surface area contributed by atoms with E-state index >= 15 is 4.39 Å².